The molecule has 0 aromatic carbocycles. The van der Waals surface area contributed by atoms with Gasteiger partial charge < -0.3 is 10.6 Å². The van der Waals surface area contributed by atoms with Crippen LogP contribution in [-0.4, -0.2) is 26.2 Å². The van der Waals surface area contributed by atoms with Gasteiger partial charge in [0.15, 0.2) is 0 Å². The van der Waals surface area contributed by atoms with E-state index < -0.39 is 0 Å². The van der Waals surface area contributed by atoms with Crippen molar-refractivity contribution in [3.63, 3.8) is 0 Å². The molecule has 0 saturated heterocycles. The molecule has 0 radical (unpaired) electrons. The molecule has 2 nitrogen and oxygen atoms in total. The van der Waals surface area contributed by atoms with Crippen molar-refractivity contribution >= 4 is 0 Å². The molecule has 13 heavy (non-hydrogen) atoms. The Morgan fingerprint density at radius 2 is 1.85 bits per heavy atom. The largest absolute Gasteiger partial charge is 0.317 e. The van der Waals surface area contributed by atoms with Crippen LogP contribution < -0.4 is 10.6 Å². The maximum Gasteiger partial charge on any atom is -0.00205 e. The Bertz CT molecular complexity index is 111. The molecular formula is C11H24N2. The van der Waals surface area contributed by atoms with Crippen molar-refractivity contribution in [3.05, 3.63) is 0 Å². The summed E-state index contributed by atoms with van der Waals surface area (Å²) in [7, 11) is 0. The Kier molecular flexibility index (Phi) is 6.21. The number of hydrogen-bond donors (Lipinski definition) is 2. The normalized spacial score (nSPS) is 17.3. The molecule has 1 fully saturated rings. The molecule has 0 atom stereocenters. The molecular weight excluding hydrogens is 160 g/mol. The summed E-state index contributed by atoms with van der Waals surface area (Å²) in [6.45, 7) is 7.00. The first-order chi connectivity index (χ1) is 6.43. The maximum atomic E-state index is 3.52. The van der Waals surface area contributed by atoms with E-state index in [0.29, 0.717) is 0 Å². The molecule has 2 N–H and O–H groups in total. The summed E-state index contributed by atoms with van der Waals surface area (Å²) in [5, 5.41) is 6.94. The molecule has 0 spiro atoms. The van der Waals surface area contributed by atoms with E-state index in [2.05, 4.69) is 17.6 Å². The van der Waals surface area contributed by atoms with Crippen LogP contribution in [0.2, 0.25) is 0 Å². The van der Waals surface area contributed by atoms with Crippen molar-refractivity contribution in [1.29, 1.82) is 0 Å². The molecule has 1 rings (SSSR count). The van der Waals surface area contributed by atoms with Crippen molar-refractivity contribution < 1.29 is 0 Å². The van der Waals surface area contributed by atoms with Crippen LogP contribution in [-0.2, 0) is 0 Å². The van der Waals surface area contributed by atoms with Gasteiger partial charge in [0.25, 0.3) is 0 Å². The van der Waals surface area contributed by atoms with E-state index in [1.807, 2.05) is 0 Å². The fraction of sp³-hybridized carbons (Fsp3) is 1.00. The second kappa shape index (κ2) is 7.34. The molecule has 0 unspecified atom stereocenters. The molecule has 0 aliphatic heterocycles. The van der Waals surface area contributed by atoms with Crippen molar-refractivity contribution in [2.75, 3.05) is 26.2 Å². The van der Waals surface area contributed by atoms with Gasteiger partial charge in [0, 0.05) is 0 Å². The van der Waals surface area contributed by atoms with Gasteiger partial charge in [0.2, 0.25) is 0 Å². The Morgan fingerprint density at radius 1 is 1.08 bits per heavy atom. The Morgan fingerprint density at radius 3 is 2.46 bits per heavy atom. The van der Waals surface area contributed by atoms with Crippen molar-refractivity contribution in [2.45, 2.75) is 39.0 Å². The van der Waals surface area contributed by atoms with E-state index in [1.165, 1.54) is 58.3 Å². The molecule has 2 heteroatoms. The Balaban J connectivity index is 1.68. The number of hydrogen-bond acceptors (Lipinski definition) is 2. The third-order valence-electron chi connectivity index (χ3n) is 2.79. The monoisotopic (exact) mass is 184 g/mol. The fourth-order valence-electron chi connectivity index (χ4n) is 1.64. The van der Waals surface area contributed by atoms with Crippen LogP contribution in [0.5, 0.6) is 0 Å². The van der Waals surface area contributed by atoms with Gasteiger partial charge in [-0.15, -0.1) is 0 Å². The highest BCUT2D eigenvalue weighted by atomic mass is 14.9. The summed E-state index contributed by atoms with van der Waals surface area (Å²) >= 11 is 0. The lowest BCUT2D eigenvalue weighted by Crippen LogP contribution is -2.29. The third-order valence-corrected chi connectivity index (χ3v) is 2.79. The Hall–Kier alpha value is -0.0800. The number of rotatable bonds is 8. The van der Waals surface area contributed by atoms with Gasteiger partial charge in [-0.05, 0) is 57.8 Å². The highest BCUT2D eigenvalue weighted by Crippen LogP contribution is 2.24. The lowest BCUT2D eigenvalue weighted by atomic mass is 9.85. The quantitative estimate of drug-likeness (QED) is 0.562. The first kappa shape index (κ1) is 11.0. The zero-order valence-corrected chi connectivity index (χ0v) is 8.94. The molecule has 0 aromatic rings. The molecule has 1 aliphatic rings. The standard InChI is InChI=1S/C11H24N2/c1-2-7-12-8-4-9-13-10-11-5-3-6-11/h11-13H,2-10H2,1H3. The smallest absolute Gasteiger partial charge is 0.00205 e. The molecule has 1 aliphatic carbocycles. The minimum absolute atomic E-state index is 1.00. The summed E-state index contributed by atoms with van der Waals surface area (Å²) in [4.78, 5) is 0. The summed E-state index contributed by atoms with van der Waals surface area (Å²) in [5.74, 6) is 1.00. The Labute approximate surface area is 82.5 Å². The summed E-state index contributed by atoms with van der Waals surface area (Å²) in [5.41, 5.74) is 0. The average molecular weight is 184 g/mol. The van der Waals surface area contributed by atoms with Gasteiger partial charge >= 0.3 is 0 Å². The van der Waals surface area contributed by atoms with Crippen LogP contribution in [0.1, 0.15) is 39.0 Å². The molecule has 0 bridgehead atoms. The van der Waals surface area contributed by atoms with E-state index in [1.54, 1.807) is 0 Å². The third kappa shape index (κ3) is 5.27. The SMILES string of the molecule is CCCNCCCNCC1CCC1. The lowest BCUT2D eigenvalue weighted by Gasteiger charge is -2.25. The van der Waals surface area contributed by atoms with E-state index in [9.17, 15) is 0 Å². The lowest BCUT2D eigenvalue weighted by molar-refractivity contribution is 0.301. The second-order valence-electron chi connectivity index (χ2n) is 4.10. The highest BCUT2D eigenvalue weighted by molar-refractivity contribution is 4.71. The van der Waals surface area contributed by atoms with Crippen LogP contribution in [0.25, 0.3) is 0 Å². The number of nitrogens with one attached hydrogen (secondary N) is 2. The molecule has 0 aromatic heterocycles. The van der Waals surface area contributed by atoms with Crippen molar-refractivity contribution in [3.8, 4) is 0 Å². The summed E-state index contributed by atoms with van der Waals surface area (Å²) in [6.07, 6.45) is 6.90. The van der Waals surface area contributed by atoms with Crippen LogP contribution in [0.15, 0.2) is 0 Å². The predicted octanol–water partition coefficient (Wildman–Crippen LogP) is 1.77. The molecule has 0 heterocycles. The molecule has 1 saturated carbocycles. The second-order valence-corrected chi connectivity index (χ2v) is 4.10. The maximum absolute atomic E-state index is 3.52. The highest BCUT2D eigenvalue weighted by Gasteiger charge is 2.15. The molecule has 78 valence electrons. The van der Waals surface area contributed by atoms with E-state index in [4.69, 9.17) is 0 Å². The van der Waals surface area contributed by atoms with Gasteiger partial charge in [-0.3, -0.25) is 0 Å². The van der Waals surface area contributed by atoms with Gasteiger partial charge in [-0.25, -0.2) is 0 Å². The minimum Gasteiger partial charge on any atom is -0.317 e. The predicted molar refractivity (Wildman–Crippen MR) is 58.0 cm³/mol. The van der Waals surface area contributed by atoms with Gasteiger partial charge in [-0.1, -0.05) is 13.3 Å². The zero-order valence-electron chi connectivity index (χ0n) is 8.94. The average Bonchev–Trinajstić information content (AvgIpc) is 2.07. The van der Waals surface area contributed by atoms with Crippen LogP contribution in [0, 0.1) is 5.92 Å². The van der Waals surface area contributed by atoms with E-state index in [0.717, 1.165) is 5.92 Å². The molecule has 0 amide bonds. The van der Waals surface area contributed by atoms with Crippen molar-refractivity contribution in [2.24, 2.45) is 5.92 Å². The van der Waals surface area contributed by atoms with E-state index in [-0.39, 0.29) is 0 Å². The van der Waals surface area contributed by atoms with Crippen molar-refractivity contribution in [1.82, 2.24) is 10.6 Å². The minimum atomic E-state index is 1.00. The van der Waals surface area contributed by atoms with Gasteiger partial charge in [-0.2, -0.15) is 0 Å². The van der Waals surface area contributed by atoms with Gasteiger partial charge in [0.1, 0.15) is 0 Å². The summed E-state index contributed by atoms with van der Waals surface area (Å²) in [6, 6.07) is 0. The van der Waals surface area contributed by atoms with Crippen LogP contribution in [0.4, 0.5) is 0 Å². The first-order valence-electron chi connectivity index (χ1n) is 5.85. The fourth-order valence-corrected chi connectivity index (χ4v) is 1.64. The van der Waals surface area contributed by atoms with Crippen LogP contribution in [0.3, 0.4) is 0 Å². The summed E-state index contributed by atoms with van der Waals surface area (Å²) < 4.78 is 0. The zero-order chi connectivity index (χ0) is 9.36. The van der Waals surface area contributed by atoms with Crippen LogP contribution >= 0.6 is 0 Å². The van der Waals surface area contributed by atoms with Gasteiger partial charge in [0.05, 0.1) is 0 Å². The van der Waals surface area contributed by atoms with E-state index >= 15 is 0 Å². The first-order valence-corrected chi connectivity index (χ1v) is 5.85. The topological polar surface area (TPSA) is 24.1 Å².